The first-order valence-electron chi connectivity index (χ1n) is 6.92. The normalized spacial score (nSPS) is 18.5. The van der Waals surface area contributed by atoms with Crippen molar-refractivity contribution in [2.24, 2.45) is 0 Å². The van der Waals surface area contributed by atoms with E-state index in [2.05, 4.69) is 16.3 Å². The van der Waals surface area contributed by atoms with Gasteiger partial charge in [0.25, 0.3) is 10.2 Å². The van der Waals surface area contributed by atoms with E-state index in [4.69, 9.17) is 0 Å². The molecule has 0 radical (unpaired) electrons. The van der Waals surface area contributed by atoms with E-state index in [1.807, 2.05) is 6.92 Å². The van der Waals surface area contributed by atoms with Gasteiger partial charge in [-0.3, -0.25) is 0 Å². The van der Waals surface area contributed by atoms with Gasteiger partial charge < -0.3 is 5.32 Å². The fourth-order valence-electron chi connectivity index (χ4n) is 2.08. The van der Waals surface area contributed by atoms with E-state index in [1.54, 1.807) is 18.8 Å². The van der Waals surface area contributed by atoms with Crippen LogP contribution >= 0.6 is 11.8 Å². The number of nitrogens with one attached hydrogen (secondary N) is 2. The van der Waals surface area contributed by atoms with Gasteiger partial charge in [0.05, 0.1) is 0 Å². The Morgan fingerprint density at radius 3 is 2.53 bits per heavy atom. The molecular formula is C12H27N3O2S2. The fourth-order valence-corrected chi connectivity index (χ4v) is 4.13. The van der Waals surface area contributed by atoms with E-state index in [1.165, 1.54) is 10.7 Å². The van der Waals surface area contributed by atoms with Crippen LogP contribution in [0.1, 0.15) is 32.6 Å². The van der Waals surface area contributed by atoms with Crippen molar-refractivity contribution in [1.82, 2.24) is 14.3 Å². The fraction of sp³-hybridized carbons (Fsp3) is 1.00. The number of thioether (sulfide) groups is 1. The summed E-state index contributed by atoms with van der Waals surface area (Å²) in [6.07, 6.45) is 6.33. The zero-order chi connectivity index (χ0) is 14.4. The van der Waals surface area contributed by atoms with Crippen LogP contribution in [-0.4, -0.2) is 57.0 Å². The van der Waals surface area contributed by atoms with Crippen molar-refractivity contribution < 1.29 is 8.42 Å². The lowest BCUT2D eigenvalue weighted by Gasteiger charge is -2.40. The third-order valence-electron chi connectivity index (χ3n) is 3.76. The summed E-state index contributed by atoms with van der Waals surface area (Å²) in [5.41, 5.74) is 0. The molecule has 0 aromatic carbocycles. The minimum Gasteiger partial charge on any atom is -0.317 e. The summed E-state index contributed by atoms with van der Waals surface area (Å²) in [4.78, 5) is 0. The van der Waals surface area contributed by atoms with Gasteiger partial charge in [0, 0.05) is 24.9 Å². The third-order valence-corrected chi connectivity index (χ3v) is 6.69. The second kappa shape index (κ2) is 7.83. The molecule has 1 rings (SSSR count). The van der Waals surface area contributed by atoms with Gasteiger partial charge in [-0.2, -0.15) is 24.5 Å². The summed E-state index contributed by atoms with van der Waals surface area (Å²) >= 11 is 1.78. The van der Waals surface area contributed by atoms with E-state index in [9.17, 15) is 8.42 Å². The van der Waals surface area contributed by atoms with Gasteiger partial charge >= 0.3 is 0 Å². The zero-order valence-electron chi connectivity index (χ0n) is 12.2. The molecule has 7 heteroatoms. The van der Waals surface area contributed by atoms with Crippen LogP contribution in [0.15, 0.2) is 0 Å². The maximum Gasteiger partial charge on any atom is 0.279 e. The summed E-state index contributed by atoms with van der Waals surface area (Å²) in [6.45, 7) is 4.92. The van der Waals surface area contributed by atoms with Crippen LogP contribution in [0.3, 0.4) is 0 Å². The summed E-state index contributed by atoms with van der Waals surface area (Å²) in [5, 5.41) is 3.19. The predicted octanol–water partition coefficient (Wildman–Crippen LogP) is 1.04. The summed E-state index contributed by atoms with van der Waals surface area (Å²) in [7, 11) is -1.69. The van der Waals surface area contributed by atoms with E-state index < -0.39 is 10.2 Å². The van der Waals surface area contributed by atoms with Gasteiger partial charge in [-0.15, -0.1) is 0 Å². The highest BCUT2D eigenvalue weighted by Crippen LogP contribution is 2.42. The van der Waals surface area contributed by atoms with Crippen LogP contribution in [0.25, 0.3) is 0 Å². The van der Waals surface area contributed by atoms with Gasteiger partial charge in [-0.1, -0.05) is 13.3 Å². The molecule has 0 aromatic heterocycles. The molecule has 5 nitrogen and oxygen atoms in total. The molecule has 0 unspecified atom stereocenters. The lowest BCUT2D eigenvalue weighted by Crippen LogP contribution is -2.48. The van der Waals surface area contributed by atoms with Gasteiger partial charge in [-0.25, -0.2) is 4.72 Å². The predicted molar refractivity (Wildman–Crippen MR) is 82.8 cm³/mol. The standard InChI is InChI=1S/C12H27N3O2S2/c1-4-13-9-6-10-15(2)19(16,17)14-11-12(18-3)7-5-8-12/h13-14H,4-11H2,1-3H3. The molecule has 1 aliphatic carbocycles. The van der Waals surface area contributed by atoms with Gasteiger partial charge in [0.1, 0.15) is 0 Å². The molecule has 19 heavy (non-hydrogen) atoms. The van der Waals surface area contributed by atoms with Crippen LogP contribution in [0.4, 0.5) is 0 Å². The topological polar surface area (TPSA) is 61.4 Å². The van der Waals surface area contributed by atoms with Crippen LogP contribution in [0, 0.1) is 0 Å². The van der Waals surface area contributed by atoms with Gasteiger partial charge in [-0.05, 0) is 38.6 Å². The van der Waals surface area contributed by atoms with Crippen molar-refractivity contribution in [2.45, 2.75) is 37.4 Å². The second-order valence-electron chi connectivity index (χ2n) is 5.10. The van der Waals surface area contributed by atoms with Crippen molar-refractivity contribution in [3.8, 4) is 0 Å². The minimum atomic E-state index is -3.32. The lowest BCUT2D eigenvalue weighted by molar-refractivity contribution is 0.356. The smallest absolute Gasteiger partial charge is 0.279 e. The molecule has 0 amide bonds. The first-order valence-corrected chi connectivity index (χ1v) is 9.59. The Labute approximate surface area is 122 Å². The second-order valence-corrected chi connectivity index (χ2v) is 8.23. The van der Waals surface area contributed by atoms with Crippen LogP contribution in [0.5, 0.6) is 0 Å². The van der Waals surface area contributed by atoms with Crippen molar-refractivity contribution in [1.29, 1.82) is 0 Å². The summed E-state index contributed by atoms with van der Waals surface area (Å²) in [5.74, 6) is 0. The Balaban J connectivity index is 2.33. The monoisotopic (exact) mass is 309 g/mol. The van der Waals surface area contributed by atoms with Crippen LogP contribution in [0.2, 0.25) is 0 Å². The maximum atomic E-state index is 12.1. The highest BCUT2D eigenvalue weighted by atomic mass is 32.2. The number of hydrogen-bond donors (Lipinski definition) is 2. The van der Waals surface area contributed by atoms with E-state index in [-0.39, 0.29) is 4.75 Å². The molecule has 0 saturated heterocycles. The average Bonchev–Trinajstić information content (AvgIpc) is 2.33. The van der Waals surface area contributed by atoms with Crippen LogP contribution < -0.4 is 10.0 Å². The number of rotatable bonds is 10. The maximum absolute atomic E-state index is 12.1. The molecule has 1 aliphatic rings. The third kappa shape index (κ3) is 5.23. The minimum absolute atomic E-state index is 0.137. The van der Waals surface area contributed by atoms with Crippen molar-refractivity contribution in [3.63, 3.8) is 0 Å². The molecule has 0 atom stereocenters. The highest BCUT2D eigenvalue weighted by Gasteiger charge is 2.37. The SMILES string of the molecule is CCNCCCN(C)S(=O)(=O)NCC1(SC)CCC1. The molecule has 0 aromatic rings. The Morgan fingerprint density at radius 2 is 2.05 bits per heavy atom. The molecule has 2 N–H and O–H groups in total. The molecule has 0 heterocycles. The summed E-state index contributed by atoms with van der Waals surface area (Å²) in [6, 6.07) is 0. The first kappa shape index (κ1) is 17.2. The van der Waals surface area contributed by atoms with Crippen LogP contribution in [-0.2, 0) is 10.2 Å². The molecular weight excluding hydrogens is 282 g/mol. The largest absolute Gasteiger partial charge is 0.317 e. The van der Waals surface area contributed by atoms with E-state index >= 15 is 0 Å². The average molecular weight is 310 g/mol. The molecule has 0 spiro atoms. The molecule has 0 bridgehead atoms. The molecule has 0 aliphatic heterocycles. The quantitative estimate of drug-likeness (QED) is 0.592. The highest BCUT2D eigenvalue weighted by molar-refractivity contribution is 8.00. The Kier molecular flexibility index (Phi) is 7.10. The van der Waals surface area contributed by atoms with E-state index in [0.717, 1.165) is 32.4 Å². The van der Waals surface area contributed by atoms with Gasteiger partial charge in [0.15, 0.2) is 0 Å². The van der Waals surface area contributed by atoms with Crippen molar-refractivity contribution in [2.75, 3.05) is 39.5 Å². The summed E-state index contributed by atoms with van der Waals surface area (Å²) < 4.78 is 28.5. The number of hydrogen-bond acceptors (Lipinski definition) is 4. The lowest BCUT2D eigenvalue weighted by atomic mass is 9.84. The number of nitrogens with zero attached hydrogens (tertiary/aromatic N) is 1. The first-order chi connectivity index (χ1) is 8.96. The molecule has 1 saturated carbocycles. The van der Waals surface area contributed by atoms with Crippen molar-refractivity contribution >= 4 is 22.0 Å². The Hall–Kier alpha value is 0.180. The van der Waals surface area contributed by atoms with Gasteiger partial charge in [0.2, 0.25) is 0 Å². The Morgan fingerprint density at radius 1 is 1.37 bits per heavy atom. The van der Waals surface area contributed by atoms with Crippen molar-refractivity contribution in [3.05, 3.63) is 0 Å². The van der Waals surface area contributed by atoms with E-state index in [0.29, 0.717) is 13.1 Å². The molecule has 114 valence electrons. The zero-order valence-corrected chi connectivity index (χ0v) is 13.9. The Bertz CT molecular complexity index is 350. The molecule has 1 fully saturated rings.